The molecule has 0 bridgehead atoms. The number of carbonyl (C=O) groups excluding carboxylic acids is 1. The van der Waals surface area contributed by atoms with Crippen molar-refractivity contribution in [3.05, 3.63) is 85.8 Å². The fourth-order valence-corrected chi connectivity index (χ4v) is 4.17. The fraction of sp³-hybridized carbons (Fsp3) is 0.208. The van der Waals surface area contributed by atoms with Crippen molar-refractivity contribution in [1.29, 1.82) is 0 Å². The molecule has 1 radical (unpaired) electrons. The van der Waals surface area contributed by atoms with Crippen LogP contribution in [0, 0.1) is 13.0 Å². The molecular weight excluding hydrogens is 496 g/mol. The number of hydrogen-bond acceptors (Lipinski definition) is 3. The van der Waals surface area contributed by atoms with Gasteiger partial charge in [0.05, 0.1) is 21.6 Å². The van der Waals surface area contributed by atoms with Gasteiger partial charge in [-0.3, -0.25) is 4.79 Å². The second-order valence-corrected chi connectivity index (χ2v) is 8.73. The monoisotopic (exact) mass is 515 g/mol. The maximum Gasteiger partial charge on any atom is 0.196 e. The minimum absolute atomic E-state index is 0.118. The quantitative estimate of drug-likeness (QED) is 0.318. The Morgan fingerprint density at radius 1 is 1.03 bits per heavy atom. The average Bonchev–Trinajstić information content (AvgIpc) is 2.69. The van der Waals surface area contributed by atoms with Gasteiger partial charge in [-0.2, -0.15) is 0 Å². The van der Waals surface area contributed by atoms with Crippen molar-refractivity contribution in [2.75, 3.05) is 7.11 Å². The molecule has 3 rings (SSSR count). The zero-order chi connectivity index (χ0) is 21.1. The molecule has 0 atom stereocenters. The van der Waals surface area contributed by atoms with Crippen molar-refractivity contribution >= 4 is 37.6 Å². The minimum atomic E-state index is -0.118. The maximum atomic E-state index is 13.4. The van der Waals surface area contributed by atoms with Gasteiger partial charge in [0.2, 0.25) is 0 Å². The van der Waals surface area contributed by atoms with Crippen LogP contribution in [0.3, 0.4) is 0 Å². The first-order valence-electron chi connectivity index (χ1n) is 9.18. The van der Waals surface area contributed by atoms with E-state index in [1.165, 1.54) is 0 Å². The molecule has 0 aliphatic heterocycles. The second kappa shape index (κ2) is 9.14. The summed E-state index contributed by atoms with van der Waals surface area (Å²) in [6, 6.07) is 17.7. The van der Waals surface area contributed by atoms with E-state index in [1.54, 1.807) is 25.3 Å². The first-order chi connectivity index (χ1) is 13.8. The summed E-state index contributed by atoms with van der Waals surface area (Å²) in [5.74, 6) is 1.82. The molecule has 3 aromatic carbocycles. The van der Waals surface area contributed by atoms with Crippen molar-refractivity contribution in [3.63, 3.8) is 0 Å². The number of hydrogen-bond donors (Lipinski definition) is 0. The van der Waals surface area contributed by atoms with Crippen LogP contribution in [0.4, 0.5) is 0 Å². The predicted octanol–water partition coefficient (Wildman–Crippen LogP) is 7.48. The van der Waals surface area contributed by atoms with Crippen LogP contribution < -0.4 is 9.47 Å². The van der Waals surface area contributed by atoms with Crippen LogP contribution in [-0.2, 0) is 0 Å². The third-order valence-corrected chi connectivity index (χ3v) is 5.72. The van der Waals surface area contributed by atoms with Gasteiger partial charge in [-0.15, -0.1) is 0 Å². The van der Waals surface area contributed by atoms with Gasteiger partial charge >= 0.3 is 0 Å². The standard InChI is InChI=1S/C24H21Br2O3/c1-14(2)17-12-22(29-24-19(25)9-6-10-20(24)26)18(13-21(17)28-4)23(27)16-8-5-7-15(3)11-16/h5,7-14H,1-4H3. The average molecular weight is 517 g/mol. The molecule has 0 saturated carbocycles. The third-order valence-electron chi connectivity index (χ3n) is 4.54. The van der Waals surface area contributed by atoms with Crippen LogP contribution in [0.25, 0.3) is 0 Å². The number of halogens is 2. The first-order valence-corrected chi connectivity index (χ1v) is 10.8. The molecule has 0 unspecified atom stereocenters. The van der Waals surface area contributed by atoms with Crippen molar-refractivity contribution in [3.8, 4) is 17.2 Å². The van der Waals surface area contributed by atoms with E-state index in [0.717, 1.165) is 20.1 Å². The van der Waals surface area contributed by atoms with Crippen LogP contribution in [0.15, 0.2) is 57.5 Å². The van der Waals surface area contributed by atoms with E-state index in [2.05, 4.69) is 51.8 Å². The van der Waals surface area contributed by atoms with Crippen molar-refractivity contribution in [1.82, 2.24) is 0 Å². The molecule has 0 N–H and O–H groups in total. The second-order valence-electron chi connectivity index (χ2n) is 7.03. The number of carbonyl (C=O) groups is 1. The Kier molecular flexibility index (Phi) is 6.81. The number of rotatable bonds is 6. The van der Waals surface area contributed by atoms with Gasteiger partial charge in [0.15, 0.2) is 11.5 Å². The number of ether oxygens (including phenoxy) is 2. The topological polar surface area (TPSA) is 35.5 Å². The molecule has 3 nitrogen and oxygen atoms in total. The summed E-state index contributed by atoms with van der Waals surface area (Å²) in [6.45, 7) is 6.12. The van der Waals surface area contributed by atoms with Gasteiger partial charge in [0.25, 0.3) is 0 Å². The van der Waals surface area contributed by atoms with E-state index >= 15 is 0 Å². The zero-order valence-corrected chi connectivity index (χ0v) is 19.8. The summed E-state index contributed by atoms with van der Waals surface area (Å²) >= 11 is 7.00. The van der Waals surface area contributed by atoms with Crippen molar-refractivity contribution < 1.29 is 14.3 Å². The summed E-state index contributed by atoms with van der Waals surface area (Å²) in [7, 11) is 1.61. The van der Waals surface area contributed by atoms with Gasteiger partial charge in [0.1, 0.15) is 11.5 Å². The molecule has 0 spiro atoms. The van der Waals surface area contributed by atoms with Crippen LogP contribution in [-0.4, -0.2) is 12.9 Å². The molecule has 0 heterocycles. The molecule has 0 amide bonds. The number of benzene rings is 3. The lowest BCUT2D eigenvalue weighted by Gasteiger charge is -2.18. The summed E-state index contributed by atoms with van der Waals surface area (Å²) < 4.78 is 13.3. The predicted molar refractivity (Wildman–Crippen MR) is 122 cm³/mol. The first kappa shape index (κ1) is 21.6. The van der Waals surface area contributed by atoms with E-state index < -0.39 is 0 Å². The maximum absolute atomic E-state index is 13.4. The van der Waals surface area contributed by atoms with E-state index in [9.17, 15) is 4.79 Å². The van der Waals surface area contributed by atoms with Gasteiger partial charge in [-0.05, 0) is 81.1 Å². The Morgan fingerprint density at radius 3 is 2.31 bits per heavy atom. The van der Waals surface area contributed by atoms with Crippen molar-refractivity contribution in [2.45, 2.75) is 26.7 Å². The normalized spacial score (nSPS) is 10.9. The lowest BCUT2D eigenvalue weighted by molar-refractivity contribution is 0.103. The van der Waals surface area contributed by atoms with Crippen LogP contribution in [0.1, 0.15) is 46.8 Å². The van der Waals surface area contributed by atoms with E-state index in [-0.39, 0.29) is 11.7 Å². The lowest BCUT2D eigenvalue weighted by atomic mass is 9.95. The Balaban J connectivity index is 2.19. The molecular formula is C24H21Br2O3. The molecule has 3 aromatic rings. The Labute approximate surface area is 188 Å². The van der Waals surface area contributed by atoms with Crippen LogP contribution in [0.2, 0.25) is 0 Å². The highest BCUT2D eigenvalue weighted by molar-refractivity contribution is 9.11. The molecule has 149 valence electrons. The SMILES string of the molecule is COc1cc(C(=O)c2cccc(C)c2)c(Oc2c(Br)c[c]cc2Br)cc1C(C)C. The number of methoxy groups -OCH3 is 1. The Bertz CT molecular complexity index is 1040. The number of ketones is 1. The molecule has 5 heteroatoms. The van der Waals surface area contributed by atoms with E-state index in [1.807, 2.05) is 37.3 Å². The highest BCUT2D eigenvalue weighted by Gasteiger charge is 2.22. The van der Waals surface area contributed by atoms with Gasteiger partial charge < -0.3 is 9.47 Å². The highest BCUT2D eigenvalue weighted by atomic mass is 79.9. The van der Waals surface area contributed by atoms with Crippen LogP contribution >= 0.6 is 31.9 Å². The number of aryl methyl sites for hydroxylation is 1. The minimum Gasteiger partial charge on any atom is -0.496 e. The summed E-state index contributed by atoms with van der Waals surface area (Å²) in [4.78, 5) is 13.4. The molecule has 0 aliphatic carbocycles. The van der Waals surface area contributed by atoms with Gasteiger partial charge in [-0.1, -0.05) is 37.6 Å². The third kappa shape index (κ3) is 4.73. The zero-order valence-electron chi connectivity index (χ0n) is 16.7. The molecule has 0 saturated heterocycles. The Morgan fingerprint density at radius 2 is 1.72 bits per heavy atom. The summed E-state index contributed by atoms with van der Waals surface area (Å²) in [5, 5.41) is 0. The molecule has 29 heavy (non-hydrogen) atoms. The van der Waals surface area contributed by atoms with Crippen molar-refractivity contribution in [2.24, 2.45) is 0 Å². The Hall–Kier alpha value is -2.11. The lowest BCUT2D eigenvalue weighted by Crippen LogP contribution is -2.07. The van der Waals surface area contributed by atoms with Gasteiger partial charge in [0, 0.05) is 11.1 Å². The molecule has 0 aliphatic rings. The van der Waals surface area contributed by atoms with Gasteiger partial charge in [-0.25, -0.2) is 0 Å². The van der Waals surface area contributed by atoms with E-state index in [4.69, 9.17) is 9.47 Å². The summed E-state index contributed by atoms with van der Waals surface area (Å²) in [6.07, 6.45) is 0. The molecule has 0 aromatic heterocycles. The summed E-state index contributed by atoms with van der Waals surface area (Å²) in [5.41, 5.74) is 3.04. The molecule has 0 fully saturated rings. The fourth-order valence-electron chi connectivity index (χ4n) is 3.05. The largest absolute Gasteiger partial charge is 0.496 e. The van der Waals surface area contributed by atoms with Crippen LogP contribution in [0.5, 0.6) is 17.2 Å². The smallest absolute Gasteiger partial charge is 0.196 e. The highest BCUT2D eigenvalue weighted by Crippen LogP contribution is 2.41. The van der Waals surface area contributed by atoms with E-state index in [0.29, 0.717) is 28.4 Å².